The van der Waals surface area contributed by atoms with Gasteiger partial charge in [-0.2, -0.15) is 0 Å². The van der Waals surface area contributed by atoms with Crippen molar-refractivity contribution < 1.29 is 19.4 Å². The molecule has 4 unspecified atom stereocenters. The van der Waals surface area contributed by atoms with Crippen LogP contribution in [0.4, 0.5) is 0 Å². The SMILES string of the molecule is CCOC(=O)CC/C=C1/CC[C@]2(C)C3CC[C@]4(C)C(=O)CCC4C3C[C@H](O)C2C1. The molecule has 4 fully saturated rings. The third-order valence-corrected chi connectivity index (χ3v) is 9.37. The maximum absolute atomic E-state index is 12.6. The van der Waals surface area contributed by atoms with Gasteiger partial charge in [-0.3, -0.25) is 9.59 Å². The standard InChI is InChI=1S/C25H38O4/c1-4-29-23(28)7-5-6-16-10-12-24(2)19-11-13-25(3)18(8-9-22(25)27)17(19)15-21(26)20(24)14-16/h6,17-21,26H,4-5,7-15H2,1-3H3/b16-6-/t17?,18?,19?,20?,21-,24+,25-/m0/s1. The van der Waals surface area contributed by atoms with E-state index in [1.54, 1.807) is 0 Å². The number of rotatable bonds is 4. The number of carbonyl (C=O) groups excluding carboxylic acids is 2. The first kappa shape index (κ1) is 21.1. The van der Waals surface area contributed by atoms with Crippen molar-refractivity contribution in [2.75, 3.05) is 6.61 Å². The van der Waals surface area contributed by atoms with E-state index in [1.807, 2.05) is 6.92 Å². The fourth-order valence-electron chi connectivity index (χ4n) is 7.73. The molecule has 0 bridgehead atoms. The number of ether oxygens (including phenoxy) is 1. The van der Waals surface area contributed by atoms with Crippen LogP contribution >= 0.6 is 0 Å². The molecule has 0 aliphatic heterocycles. The van der Waals surface area contributed by atoms with E-state index >= 15 is 0 Å². The minimum absolute atomic E-state index is 0.123. The van der Waals surface area contributed by atoms with Gasteiger partial charge in [0, 0.05) is 18.3 Å². The van der Waals surface area contributed by atoms with Gasteiger partial charge >= 0.3 is 5.97 Å². The van der Waals surface area contributed by atoms with Gasteiger partial charge in [0.2, 0.25) is 0 Å². The fraction of sp³-hybridized carbons (Fsp3) is 0.840. The Hall–Kier alpha value is -1.16. The second-order valence-electron chi connectivity index (χ2n) is 10.6. The zero-order chi connectivity index (χ0) is 20.8. The summed E-state index contributed by atoms with van der Waals surface area (Å²) in [6.45, 7) is 6.91. The van der Waals surface area contributed by atoms with E-state index in [1.165, 1.54) is 5.57 Å². The molecule has 29 heavy (non-hydrogen) atoms. The minimum atomic E-state index is -0.270. The Kier molecular flexibility index (Phi) is 5.69. The second-order valence-corrected chi connectivity index (χ2v) is 10.6. The molecule has 1 N–H and O–H groups in total. The predicted octanol–water partition coefficient (Wildman–Crippen LogP) is 4.84. The summed E-state index contributed by atoms with van der Waals surface area (Å²) in [5.74, 6) is 2.28. The Morgan fingerprint density at radius 3 is 2.72 bits per heavy atom. The van der Waals surface area contributed by atoms with E-state index in [0.717, 1.165) is 57.8 Å². The van der Waals surface area contributed by atoms with Crippen LogP contribution in [0, 0.1) is 34.5 Å². The summed E-state index contributed by atoms with van der Waals surface area (Å²) >= 11 is 0. The normalized spacial score (nSPS) is 45.4. The van der Waals surface area contributed by atoms with Gasteiger partial charge in [-0.1, -0.05) is 25.5 Å². The number of hydrogen-bond donors (Lipinski definition) is 1. The lowest BCUT2D eigenvalue weighted by molar-refractivity contribution is -0.155. The number of aliphatic hydroxyl groups is 1. The van der Waals surface area contributed by atoms with E-state index in [0.29, 0.717) is 42.5 Å². The Morgan fingerprint density at radius 2 is 1.97 bits per heavy atom. The fourth-order valence-corrected chi connectivity index (χ4v) is 7.73. The number of esters is 1. The highest BCUT2D eigenvalue weighted by Crippen LogP contribution is 2.65. The molecule has 162 valence electrons. The van der Waals surface area contributed by atoms with E-state index in [4.69, 9.17) is 4.74 Å². The van der Waals surface area contributed by atoms with Crippen molar-refractivity contribution in [1.82, 2.24) is 0 Å². The number of aliphatic hydroxyl groups excluding tert-OH is 1. The molecule has 0 aromatic rings. The zero-order valence-electron chi connectivity index (χ0n) is 18.4. The molecule has 4 saturated carbocycles. The van der Waals surface area contributed by atoms with Gasteiger partial charge in [-0.15, -0.1) is 0 Å². The third-order valence-electron chi connectivity index (χ3n) is 9.37. The molecule has 0 spiro atoms. The molecule has 7 atom stereocenters. The topological polar surface area (TPSA) is 63.6 Å². The predicted molar refractivity (Wildman–Crippen MR) is 112 cm³/mol. The average molecular weight is 403 g/mol. The van der Waals surface area contributed by atoms with Crippen molar-refractivity contribution in [3.05, 3.63) is 11.6 Å². The van der Waals surface area contributed by atoms with Gasteiger partial charge < -0.3 is 9.84 Å². The van der Waals surface area contributed by atoms with E-state index in [2.05, 4.69) is 19.9 Å². The summed E-state index contributed by atoms with van der Waals surface area (Å²) < 4.78 is 5.03. The highest BCUT2D eigenvalue weighted by atomic mass is 16.5. The lowest BCUT2D eigenvalue weighted by Gasteiger charge is -2.61. The van der Waals surface area contributed by atoms with Crippen LogP contribution in [0.25, 0.3) is 0 Å². The van der Waals surface area contributed by atoms with Crippen LogP contribution in [0.3, 0.4) is 0 Å². The van der Waals surface area contributed by atoms with E-state index in [9.17, 15) is 14.7 Å². The maximum atomic E-state index is 12.6. The quantitative estimate of drug-likeness (QED) is 0.540. The molecule has 4 nitrogen and oxygen atoms in total. The number of Topliss-reactive ketones (excluding diaryl/α,β-unsaturated/α-hetero) is 1. The molecule has 0 radical (unpaired) electrons. The van der Waals surface area contributed by atoms with Crippen molar-refractivity contribution in [1.29, 1.82) is 0 Å². The third kappa shape index (κ3) is 3.49. The highest BCUT2D eigenvalue weighted by Gasteiger charge is 2.61. The first-order valence-electron chi connectivity index (χ1n) is 11.8. The molecule has 4 heteroatoms. The summed E-state index contributed by atoms with van der Waals surface area (Å²) in [6, 6.07) is 0. The van der Waals surface area contributed by atoms with Gasteiger partial charge in [0.05, 0.1) is 12.7 Å². The summed E-state index contributed by atoms with van der Waals surface area (Å²) in [6.07, 6.45) is 11.1. The van der Waals surface area contributed by atoms with Gasteiger partial charge in [0.25, 0.3) is 0 Å². The second kappa shape index (κ2) is 7.83. The first-order chi connectivity index (χ1) is 13.8. The van der Waals surface area contributed by atoms with Crippen molar-refractivity contribution in [3.63, 3.8) is 0 Å². The largest absolute Gasteiger partial charge is 0.466 e. The van der Waals surface area contributed by atoms with Crippen LogP contribution in [0.1, 0.15) is 85.0 Å². The number of hydrogen-bond acceptors (Lipinski definition) is 4. The smallest absolute Gasteiger partial charge is 0.306 e. The Balaban J connectivity index is 1.47. The molecular formula is C25H38O4. The molecule has 4 aliphatic rings. The molecule has 0 aromatic carbocycles. The summed E-state index contributed by atoms with van der Waals surface area (Å²) in [5.41, 5.74) is 1.45. The van der Waals surface area contributed by atoms with Crippen molar-refractivity contribution in [2.45, 2.75) is 91.1 Å². The molecule has 0 amide bonds. The lowest BCUT2D eigenvalue weighted by Crippen LogP contribution is -2.57. The maximum Gasteiger partial charge on any atom is 0.306 e. The molecular weight excluding hydrogens is 364 g/mol. The van der Waals surface area contributed by atoms with Crippen LogP contribution < -0.4 is 0 Å². The Labute approximate surface area is 175 Å². The van der Waals surface area contributed by atoms with Gasteiger partial charge in [-0.05, 0) is 87.4 Å². The van der Waals surface area contributed by atoms with Crippen molar-refractivity contribution in [2.24, 2.45) is 34.5 Å². The molecule has 4 aliphatic carbocycles. The zero-order valence-corrected chi connectivity index (χ0v) is 18.4. The minimum Gasteiger partial charge on any atom is -0.466 e. The molecule has 0 saturated heterocycles. The molecule has 4 rings (SSSR count). The summed E-state index contributed by atoms with van der Waals surface area (Å²) in [4.78, 5) is 24.2. The molecule has 0 aromatic heterocycles. The van der Waals surface area contributed by atoms with Gasteiger partial charge in [0.1, 0.15) is 5.78 Å². The van der Waals surface area contributed by atoms with Gasteiger partial charge in [-0.25, -0.2) is 0 Å². The van der Waals surface area contributed by atoms with Crippen LogP contribution in [-0.2, 0) is 14.3 Å². The molecule has 0 heterocycles. The monoisotopic (exact) mass is 402 g/mol. The first-order valence-corrected chi connectivity index (χ1v) is 11.8. The Morgan fingerprint density at radius 1 is 1.17 bits per heavy atom. The lowest BCUT2D eigenvalue weighted by atomic mass is 9.44. The summed E-state index contributed by atoms with van der Waals surface area (Å²) in [5, 5.41) is 11.2. The average Bonchev–Trinajstić information content (AvgIpc) is 2.98. The van der Waals surface area contributed by atoms with E-state index < -0.39 is 0 Å². The summed E-state index contributed by atoms with van der Waals surface area (Å²) in [7, 11) is 0. The van der Waals surface area contributed by atoms with Crippen LogP contribution in [0.15, 0.2) is 11.6 Å². The van der Waals surface area contributed by atoms with Crippen molar-refractivity contribution in [3.8, 4) is 0 Å². The van der Waals surface area contributed by atoms with Gasteiger partial charge in [0.15, 0.2) is 0 Å². The number of ketones is 1. The number of allylic oxidation sites excluding steroid dienone is 2. The van der Waals surface area contributed by atoms with E-state index in [-0.39, 0.29) is 22.9 Å². The number of fused-ring (bicyclic) bond motifs is 5. The van der Waals surface area contributed by atoms with Crippen LogP contribution in [0.2, 0.25) is 0 Å². The Bertz CT molecular complexity index is 697. The highest BCUT2D eigenvalue weighted by molar-refractivity contribution is 5.87. The van der Waals surface area contributed by atoms with Crippen LogP contribution in [0.5, 0.6) is 0 Å². The number of carbonyl (C=O) groups is 2. The van der Waals surface area contributed by atoms with Crippen LogP contribution in [-0.4, -0.2) is 29.6 Å². The van der Waals surface area contributed by atoms with Crippen molar-refractivity contribution >= 4 is 11.8 Å².